The standard InChI is InChI=1S/C20H20N2O4/c1-13-3-2-4-15(7-13)20(24)21-10-14-8-19(23)22(11-14)16-5-6-17-18(9-16)26-12-25-17/h2-7,9,14H,8,10-12H2,1H3,(H,21,24)/t14-/m0/s1. The molecule has 0 aliphatic carbocycles. The molecule has 0 bridgehead atoms. The van der Waals surface area contributed by atoms with E-state index in [1.165, 1.54) is 0 Å². The van der Waals surface area contributed by atoms with Gasteiger partial charge >= 0.3 is 0 Å². The van der Waals surface area contributed by atoms with Gasteiger partial charge in [-0.1, -0.05) is 17.7 Å². The van der Waals surface area contributed by atoms with Gasteiger partial charge in [0.05, 0.1) is 0 Å². The molecule has 2 aliphatic rings. The molecule has 4 rings (SSSR count). The molecule has 134 valence electrons. The number of rotatable bonds is 4. The normalized spacial score (nSPS) is 18.3. The van der Waals surface area contributed by atoms with E-state index in [2.05, 4.69) is 5.32 Å². The second kappa shape index (κ2) is 6.71. The van der Waals surface area contributed by atoms with Crippen molar-refractivity contribution in [3.63, 3.8) is 0 Å². The first-order valence-corrected chi connectivity index (χ1v) is 8.65. The van der Waals surface area contributed by atoms with Crippen LogP contribution in [0, 0.1) is 12.8 Å². The fourth-order valence-corrected chi connectivity index (χ4v) is 3.35. The molecule has 0 saturated carbocycles. The predicted molar refractivity (Wildman–Crippen MR) is 96.5 cm³/mol. The Morgan fingerprint density at radius 2 is 2.04 bits per heavy atom. The quantitative estimate of drug-likeness (QED) is 0.918. The minimum atomic E-state index is -0.109. The van der Waals surface area contributed by atoms with Crippen molar-refractivity contribution in [1.82, 2.24) is 5.32 Å². The minimum absolute atomic E-state index is 0.0543. The maximum absolute atomic E-state index is 12.4. The van der Waals surface area contributed by atoms with Crippen LogP contribution in [0.5, 0.6) is 11.5 Å². The van der Waals surface area contributed by atoms with E-state index in [1.54, 1.807) is 11.0 Å². The molecule has 1 atom stereocenters. The van der Waals surface area contributed by atoms with Crippen molar-refractivity contribution in [2.75, 3.05) is 24.8 Å². The van der Waals surface area contributed by atoms with Crippen LogP contribution in [0.1, 0.15) is 22.3 Å². The Balaban J connectivity index is 1.38. The van der Waals surface area contributed by atoms with E-state index in [4.69, 9.17) is 9.47 Å². The molecule has 2 aliphatic heterocycles. The molecule has 2 aromatic carbocycles. The molecule has 2 aromatic rings. The van der Waals surface area contributed by atoms with E-state index in [0.717, 1.165) is 11.3 Å². The molecule has 0 aromatic heterocycles. The third kappa shape index (κ3) is 3.22. The zero-order chi connectivity index (χ0) is 18.1. The van der Waals surface area contributed by atoms with Gasteiger partial charge in [0.2, 0.25) is 12.7 Å². The summed E-state index contributed by atoms with van der Waals surface area (Å²) in [5.74, 6) is 1.39. The Kier molecular flexibility index (Phi) is 4.24. The van der Waals surface area contributed by atoms with Gasteiger partial charge in [-0.05, 0) is 31.2 Å². The molecular weight excluding hydrogens is 332 g/mol. The lowest BCUT2D eigenvalue weighted by atomic mass is 10.1. The first-order chi connectivity index (χ1) is 12.6. The molecule has 6 nitrogen and oxygen atoms in total. The van der Waals surface area contributed by atoms with Crippen LogP contribution in [0.3, 0.4) is 0 Å². The molecule has 2 heterocycles. The Labute approximate surface area is 151 Å². The van der Waals surface area contributed by atoms with E-state index >= 15 is 0 Å². The predicted octanol–water partition coefficient (Wildman–Crippen LogP) is 2.51. The van der Waals surface area contributed by atoms with Crippen LogP contribution < -0.4 is 19.7 Å². The molecule has 26 heavy (non-hydrogen) atoms. The van der Waals surface area contributed by atoms with Crippen LogP contribution >= 0.6 is 0 Å². The fourth-order valence-electron chi connectivity index (χ4n) is 3.35. The van der Waals surface area contributed by atoms with Crippen molar-refractivity contribution >= 4 is 17.5 Å². The van der Waals surface area contributed by atoms with Crippen LogP contribution in [0.4, 0.5) is 5.69 Å². The Morgan fingerprint density at radius 3 is 2.88 bits per heavy atom. The monoisotopic (exact) mass is 352 g/mol. The lowest BCUT2D eigenvalue weighted by Crippen LogP contribution is -2.31. The summed E-state index contributed by atoms with van der Waals surface area (Å²) in [5, 5.41) is 2.94. The number of carbonyl (C=O) groups is 2. The van der Waals surface area contributed by atoms with Gasteiger partial charge < -0.3 is 19.7 Å². The van der Waals surface area contributed by atoms with Crippen LogP contribution in [0.25, 0.3) is 0 Å². The lowest BCUT2D eigenvalue weighted by Gasteiger charge is -2.17. The Bertz CT molecular complexity index is 865. The molecule has 1 N–H and O–H groups in total. The molecule has 6 heteroatoms. The molecule has 1 saturated heterocycles. The van der Waals surface area contributed by atoms with Crippen molar-refractivity contribution in [3.05, 3.63) is 53.6 Å². The third-order valence-electron chi connectivity index (χ3n) is 4.70. The second-order valence-corrected chi connectivity index (χ2v) is 6.69. The zero-order valence-corrected chi connectivity index (χ0v) is 14.5. The van der Waals surface area contributed by atoms with Gasteiger partial charge in [-0.25, -0.2) is 0 Å². The molecule has 0 spiro atoms. The lowest BCUT2D eigenvalue weighted by molar-refractivity contribution is -0.117. The Hall–Kier alpha value is -3.02. The van der Waals surface area contributed by atoms with Crippen LogP contribution in [-0.2, 0) is 4.79 Å². The van der Waals surface area contributed by atoms with Gasteiger partial charge in [-0.15, -0.1) is 0 Å². The summed E-state index contributed by atoms with van der Waals surface area (Å²) in [6, 6.07) is 13.0. The smallest absolute Gasteiger partial charge is 0.251 e. The van der Waals surface area contributed by atoms with Crippen molar-refractivity contribution in [2.24, 2.45) is 5.92 Å². The average molecular weight is 352 g/mol. The molecule has 2 amide bonds. The number of benzene rings is 2. The highest BCUT2D eigenvalue weighted by Crippen LogP contribution is 2.37. The fraction of sp³-hybridized carbons (Fsp3) is 0.300. The van der Waals surface area contributed by atoms with Gasteiger partial charge in [0.25, 0.3) is 5.91 Å². The van der Waals surface area contributed by atoms with Gasteiger partial charge in [-0.3, -0.25) is 9.59 Å². The van der Waals surface area contributed by atoms with E-state index in [9.17, 15) is 9.59 Å². The number of amides is 2. The number of ether oxygens (including phenoxy) is 2. The number of aryl methyl sites for hydroxylation is 1. The number of nitrogens with one attached hydrogen (secondary N) is 1. The number of nitrogens with zero attached hydrogens (tertiary/aromatic N) is 1. The van der Waals surface area contributed by atoms with Crippen molar-refractivity contribution in [2.45, 2.75) is 13.3 Å². The molecule has 1 fully saturated rings. The maximum Gasteiger partial charge on any atom is 0.251 e. The number of hydrogen-bond acceptors (Lipinski definition) is 4. The summed E-state index contributed by atoms with van der Waals surface area (Å²) < 4.78 is 10.7. The van der Waals surface area contributed by atoms with Gasteiger partial charge in [-0.2, -0.15) is 0 Å². The van der Waals surface area contributed by atoms with Gasteiger partial charge in [0.15, 0.2) is 11.5 Å². The number of anilines is 1. The van der Waals surface area contributed by atoms with Crippen molar-refractivity contribution < 1.29 is 19.1 Å². The summed E-state index contributed by atoms with van der Waals surface area (Å²) in [6.07, 6.45) is 0.419. The summed E-state index contributed by atoms with van der Waals surface area (Å²) in [6.45, 7) is 3.21. The molecular formula is C20H20N2O4. The molecule has 0 radical (unpaired) electrons. The van der Waals surface area contributed by atoms with Crippen LogP contribution in [-0.4, -0.2) is 31.7 Å². The summed E-state index contributed by atoms with van der Waals surface area (Å²) >= 11 is 0. The first-order valence-electron chi connectivity index (χ1n) is 8.65. The van der Waals surface area contributed by atoms with Gasteiger partial charge in [0.1, 0.15) is 0 Å². The van der Waals surface area contributed by atoms with E-state index < -0.39 is 0 Å². The van der Waals surface area contributed by atoms with Crippen LogP contribution in [0.2, 0.25) is 0 Å². The number of carbonyl (C=O) groups excluding carboxylic acids is 2. The number of hydrogen-bond donors (Lipinski definition) is 1. The second-order valence-electron chi connectivity index (χ2n) is 6.69. The van der Waals surface area contributed by atoms with E-state index in [1.807, 2.05) is 43.3 Å². The average Bonchev–Trinajstić information content (AvgIpc) is 3.25. The first kappa shape index (κ1) is 16.4. The maximum atomic E-state index is 12.4. The number of fused-ring (bicyclic) bond motifs is 1. The SMILES string of the molecule is Cc1cccc(C(=O)NC[C@@H]2CC(=O)N(c3ccc4c(c3)OCO4)C2)c1. The minimum Gasteiger partial charge on any atom is -0.454 e. The molecule has 0 unspecified atom stereocenters. The summed E-state index contributed by atoms with van der Waals surface area (Å²) in [4.78, 5) is 26.4. The van der Waals surface area contributed by atoms with Gasteiger partial charge in [0, 0.05) is 42.7 Å². The topological polar surface area (TPSA) is 67.9 Å². The summed E-state index contributed by atoms with van der Waals surface area (Å²) in [7, 11) is 0. The Morgan fingerprint density at radius 1 is 1.19 bits per heavy atom. The highest BCUT2D eigenvalue weighted by Gasteiger charge is 2.31. The largest absolute Gasteiger partial charge is 0.454 e. The van der Waals surface area contributed by atoms with Crippen molar-refractivity contribution in [1.29, 1.82) is 0 Å². The summed E-state index contributed by atoms with van der Waals surface area (Å²) in [5.41, 5.74) is 2.48. The third-order valence-corrected chi connectivity index (χ3v) is 4.70. The van der Waals surface area contributed by atoms with Crippen molar-refractivity contribution in [3.8, 4) is 11.5 Å². The zero-order valence-electron chi connectivity index (χ0n) is 14.5. The highest BCUT2D eigenvalue weighted by molar-refractivity contribution is 5.97. The highest BCUT2D eigenvalue weighted by atomic mass is 16.7. The van der Waals surface area contributed by atoms with E-state index in [-0.39, 0.29) is 24.5 Å². The van der Waals surface area contributed by atoms with E-state index in [0.29, 0.717) is 36.6 Å². The van der Waals surface area contributed by atoms with Crippen LogP contribution in [0.15, 0.2) is 42.5 Å².